The fraction of sp³-hybridized carbons (Fsp3) is 0.250. The second-order valence-electron chi connectivity index (χ2n) is 6.02. The van der Waals surface area contributed by atoms with Gasteiger partial charge in [-0.2, -0.15) is 0 Å². The van der Waals surface area contributed by atoms with Crippen molar-refractivity contribution in [2.75, 3.05) is 11.9 Å². The first-order chi connectivity index (χ1) is 13.5. The SMILES string of the molecule is CCOc1ccccc1NC(=O)[C@@H](C)Sc1nnc(-c2ccccc2Cl)n1C. The average Bonchev–Trinajstić information content (AvgIpc) is 3.04. The minimum atomic E-state index is -0.378. The van der Waals surface area contributed by atoms with E-state index in [-0.39, 0.29) is 11.2 Å². The third-order valence-corrected chi connectivity index (χ3v) is 5.51. The zero-order valence-electron chi connectivity index (χ0n) is 15.8. The molecule has 6 nitrogen and oxygen atoms in total. The normalized spacial score (nSPS) is 11.9. The van der Waals surface area contributed by atoms with Gasteiger partial charge in [-0.05, 0) is 38.1 Å². The van der Waals surface area contributed by atoms with Crippen LogP contribution in [-0.4, -0.2) is 32.5 Å². The van der Waals surface area contributed by atoms with Gasteiger partial charge in [-0.1, -0.05) is 47.6 Å². The van der Waals surface area contributed by atoms with Gasteiger partial charge < -0.3 is 14.6 Å². The number of benzene rings is 2. The Hall–Kier alpha value is -2.51. The van der Waals surface area contributed by atoms with Crippen molar-refractivity contribution >= 4 is 35.0 Å². The molecule has 0 unspecified atom stereocenters. The third kappa shape index (κ3) is 4.48. The molecule has 1 atom stereocenters. The summed E-state index contributed by atoms with van der Waals surface area (Å²) < 4.78 is 7.40. The minimum Gasteiger partial charge on any atom is -0.492 e. The van der Waals surface area contributed by atoms with Gasteiger partial charge in [-0.15, -0.1) is 10.2 Å². The number of thioether (sulfide) groups is 1. The maximum Gasteiger partial charge on any atom is 0.237 e. The van der Waals surface area contributed by atoms with Crippen molar-refractivity contribution in [1.82, 2.24) is 14.8 Å². The van der Waals surface area contributed by atoms with E-state index in [2.05, 4.69) is 15.5 Å². The lowest BCUT2D eigenvalue weighted by atomic mass is 10.2. The van der Waals surface area contributed by atoms with Gasteiger partial charge in [0.15, 0.2) is 11.0 Å². The minimum absolute atomic E-state index is 0.139. The van der Waals surface area contributed by atoms with Gasteiger partial charge in [-0.3, -0.25) is 4.79 Å². The van der Waals surface area contributed by atoms with Gasteiger partial charge in [0.05, 0.1) is 22.6 Å². The zero-order valence-corrected chi connectivity index (χ0v) is 17.4. The molecule has 0 fully saturated rings. The Bertz CT molecular complexity index is 976. The van der Waals surface area contributed by atoms with Gasteiger partial charge in [0.2, 0.25) is 5.91 Å². The lowest BCUT2D eigenvalue weighted by Gasteiger charge is -2.14. The maximum atomic E-state index is 12.6. The second kappa shape index (κ2) is 9.12. The van der Waals surface area contributed by atoms with Crippen LogP contribution in [0.15, 0.2) is 53.7 Å². The van der Waals surface area contributed by atoms with E-state index in [0.29, 0.717) is 34.0 Å². The van der Waals surface area contributed by atoms with Crippen molar-refractivity contribution in [1.29, 1.82) is 0 Å². The van der Waals surface area contributed by atoms with E-state index in [4.69, 9.17) is 16.3 Å². The molecule has 28 heavy (non-hydrogen) atoms. The number of ether oxygens (including phenoxy) is 1. The van der Waals surface area contributed by atoms with Crippen molar-refractivity contribution in [3.63, 3.8) is 0 Å². The summed E-state index contributed by atoms with van der Waals surface area (Å²) in [5.74, 6) is 1.16. The number of para-hydroxylation sites is 2. The summed E-state index contributed by atoms with van der Waals surface area (Å²) in [5.41, 5.74) is 1.45. The summed E-state index contributed by atoms with van der Waals surface area (Å²) >= 11 is 7.59. The van der Waals surface area contributed by atoms with Gasteiger partial charge in [0.1, 0.15) is 5.75 Å². The smallest absolute Gasteiger partial charge is 0.237 e. The molecule has 0 saturated heterocycles. The molecule has 1 N–H and O–H groups in total. The van der Waals surface area contributed by atoms with E-state index in [1.807, 2.05) is 74.0 Å². The van der Waals surface area contributed by atoms with Crippen LogP contribution < -0.4 is 10.1 Å². The van der Waals surface area contributed by atoms with Crippen LogP contribution in [0.1, 0.15) is 13.8 Å². The number of nitrogens with one attached hydrogen (secondary N) is 1. The first kappa shape index (κ1) is 20.2. The molecule has 0 aliphatic rings. The molecule has 0 spiro atoms. The molecule has 0 radical (unpaired) electrons. The molecule has 1 aromatic heterocycles. The number of anilines is 1. The lowest BCUT2D eigenvalue weighted by molar-refractivity contribution is -0.115. The van der Waals surface area contributed by atoms with E-state index < -0.39 is 0 Å². The van der Waals surface area contributed by atoms with Crippen molar-refractivity contribution in [2.24, 2.45) is 7.05 Å². The Morgan fingerprint density at radius 1 is 1.21 bits per heavy atom. The molecular weight excluding hydrogens is 396 g/mol. The highest BCUT2D eigenvalue weighted by molar-refractivity contribution is 8.00. The molecular formula is C20H21ClN4O2S. The van der Waals surface area contributed by atoms with Crippen molar-refractivity contribution in [3.05, 3.63) is 53.6 Å². The highest BCUT2D eigenvalue weighted by Gasteiger charge is 2.21. The molecule has 146 valence electrons. The molecule has 0 aliphatic carbocycles. The number of aromatic nitrogens is 3. The number of carbonyl (C=O) groups excluding carboxylic acids is 1. The molecule has 0 bridgehead atoms. The summed E-state index contributed by atoms with van der Waals surface area (Å²) in [5, 5.41) is 12.2. The zero-order chi connectivity index (χ0) is 20.1. The van der Waals surface area contributed by atoms with Crippen molar-refractivity contribution in [2.45, 2.75) is 24.3 Å². The largest absolute Gasteiger partial charge is 0.492 e. The first-order valence-corrected chi connectivity index (χ1v) is 10.1. The van der Waals surface area contributed by atoms with E-state index in [0.717, 1.165) is 5.56 Å². The van der Waals surface area contributed by atoms with Gasteiger partial charge in [0.25, 0.3) is 0 Å². The van der Waals surface area contributed by atoms with Crippen molar-refractivity contribution in [3.8, 4) is 17.1 Å². The summed E-state index contributed by atoms with van der Waals surface area (Å²) in [6.45, 7) is 4.26. The van der Waals surface area contributed by atoms with E-state index in [1.165, 1.54) is 11.8 Å². The van der Waals surface area contributed by atoms with Gasteiger partial charge in [-0.25, -0.2) is 0 Å². The fourth-order valence-corrected chi connectivity index (χ4v) is 3.63. The Labute approximate surface area is 173 Å². The van der Waals surface area contributed by atoms with Crippen molar-refractivity contribution < 1.29 is 9.53 Å². The van der Waals surface area contributed by atoms with E-state index in [9.17, 15) is 4.79 Å². The number of halogens is 1. The molecule has 1 heterocycles. The Kier molecular flexibility index (Phi) is 6.59. The van der Waals surface area contributed by atoms with Crippen LogP contribution in [0, 0.1) is 0 Å². The van der Waals surface area contributed by atoms with Crippen LogP contribution in [0.4, 0.5) is 5.69 Å². The topological polar surface area (TPSA) is 69.0 Å². The number of carbonyl (C=O) groups is 1. The molecule has 3 rings (SSSR count). The van der Waals surface area contributed by atoms with Crippen LogP contribution >= 0.6 is 23.4 Å². The summed E-state index contributed by atoms with van der Waals surface area (Å²) in [4.78, 5) is 12.6. The number of hydrogen-bond donors (Lipinski definition) is 1. The van der Waals surface area contributed by atoms with Gasteiger partial charge >= 0.3 is 0 Å². The number of amides is 1. The predicted octanol–water partition coefficient (Wildman–Crippen LogP) is 4.65. The highest BCUT2D eigenvalue weighted by atomic mass is 35.5. The molecule has 3 aromatic rings. The predicted molar refractivity (Wildman–Crippen MR) is 113 cm³/mol. The molecule has 8 heteroatoms. The molecule has 1 amide bonds. The quantitative estimate of drug-likeness (QED) is 0.567. The van der Waals surface area contributed by atoms with Crippen LogP contribution in [-0.2, 0) is 11.8 Å². The third-order valence-electron chi connectivity index (χ3n) is 4.05. The first-order valence-electron chi connectivity index (χ1n) is 8.85. The summed E-state index contributed by atoms with van der Waals surface area (Å²) in [6.07, 6.45) is 0. The lowest BCUT2D eigenvalue weighted by Crippen LogP contribution is -2.23. The molecule has 0 saturated carbocycles. The second-order valence-corrected chi connectivity index (χ2v) is 7.74. The van der Waals surface area contributed by atoms with Crippen LogP contribution in [0.25, 0.3) is 11.4 Å². The maximum absolute atomic E-state index is 12.6. The van der Waals surface area contributed by atoms with E-state index in [1.54, 1.807) is 0 Å². The highest BCUT2D eigenvalue weighted by Crippen LogP contribution is 2.30. The Morgan fingerprint density at radius 3 is 2.68 bits per heavy atom. The number of nitrogens with zero attached hydrogens (tertiary/aromatic N) is 3. The van der Waals surface area contributed by atoms with Gasteiger partial charge in [0, 0.05) is 12.6 Å². The van der Waals surface area contributed by atoms with E-state index >= 15 is 0 Å². The Morgan fingerprint density at radius 2 is 1.93 bits per heavy atom. The summed E-state index contributed by atoms with van der Waals surface area (Å²) in [7, 11) is 1.86. The average molecular weight is 417 g/mol. The molecule has 0 aliphatic heterocycles. The summed E-state index contributed by atoms with van der Waals surface area (Å²) in [6, 6.07) is 14.8. The monoisotopic (exact) mass is 416 g/mol. The van der Waals surface area contributed by atoms with Crippen LogP contribution in [0.5, 0.6) is 5.75 Å². The molecule has 2 aromatic carbocycles. The van der Waals surface area contributed by atoms with Crippen LogP contribution in [0.2, 0.25) is 5.02 Å². The Balaban J connectivity index is 1.72. The van der Waals surface area contributed by atoms with Crippen LogP contribution in [0.3, 0.4) is 0 Å². The standard InChI is InChI=1S/C20H21ClN4O2S/c1-4-27-17-12-8-7-11-16(17)22-19(26)13(2)28-20-24-23-18(25(20)3)14-9-5-6-10-15(14)21/h5-13H,4H2,1-3H3,(H,22,26)/t13-/m1/s1. The number of rotatable bonds is 7. The number of hydrogen-bond acceptors (Lipinski definition) is 5. The fourth-order valence-electron chi connectivity index (χ4n) is 2.59.